The second-order valence-corrected chi connectivity index (χ2v) is 4.71. The van der Waals surface area contributed by atoms with Crippen molar-refractivity contribution in [2.45, 2.75) is 12.8 Å². The molecule has 19 heavy (non-hydrogen) atoms. The number of nitrogens with one attached hydrogen (secondary N) is 1. The van der Waals surface area contributed by atoms with Crippen molar-refractivity contribution in [3.8, 4) is 0 Å². The van der Waals surface area contributed by atoms with Gasteiger partial charge in [-0.05, 0) is 17.2 Å². The summed E-state index contributed by atoms with van der Waals surface area (Å²) in [6.45, 7) is 0. The first-order chi connectivity index (χ1) is 9.40. The molecule has 0 amide bonds. The minimum Gasteiger partial charge on any atom is -0.282 e. The van der Waals surface area contributed by atoms with Crippen molar-refractivity contribution < 1.29 is 0 Å². The van der Waals surface area contributed by atoms with Crippen LogP contribution in [0.1, 0.15) is 22.5 Å². The van der Waals surface area contributed by atoms with Crippen molar-refractivity contribution in [3.05, 3.63) is 89.2 Å². The Bertz CT molecular complexity index is 571. The minimum atomic E-state index is 0.881. The van der Waals surface area contributed by atoms with Crippen LogP contribution in [0.4, 0.5) is 0 Å². The quantitative estimate of drug-likeness (QED) is 0.751. The van der Waals surface area contributed by atoms with Crippen molar-refractivity contribution >= 4 is 0 Å². The van der Waals surface area contributed by atoms with E-state index in [0.717, 1.165) is 24.2 Å². The van der Waals surface area contributed by atoms with Crippen LogP contribution in [-0.2, 0) is 12.8 Å². The van der Waals surface area contributed by atoms with E-state index in [9.17, 15) is 0 Å². The molecular weight excluding hydrogens is 232 g/mol. The molecule has 2 heteroatoms. The van der Waals surface area contributed by atoms with E-state index in [1.807, 2.05) is 12.1 Å². The number of nitrogens with zero attached hydrogens (tertiary/aromatic N) is 1. The van der Waals surface area contributed by atoms with Gasteiger partial charge < -0.3 is 0 Å². The van der Waals surface area contributed by atoms with Gasteiger partial charge in [0.25, 0.3) is 0 Å². The second kappa shape index (κ2) is 5.53. The van der Waals surface area contributed by atoms with Crippen LogP contribution in [0.5, 0.6) is 0 Å². The van der Waals surface area contributed by atoms with Gasteiger partial charge in [-0.1, -0.05) is 60.7 Å². The lowest BCUT2D eigenvalue weighted by molar-refractivity contribution is 0.958. The summed E-state index contributed by atoms with van der Waals surface area (Å²) in [5.41, 5.74) is 4.85. The van der Waals surface area contributed by atoms with Crippen molar-refractivity contribution in [2.24, 2.45) is 0 Å². The lowest BCUT2D eigenvalue weighted by Gasteiger charge is -1.97. The van der Waals surface area contributed by atoms with Crippen molar-refractivity contribution in [1.29, 1.82) is 0 Å². The number of H-pyrrole nitrogens is 1. The summed E-state index contributed by atoms with van der Waals surface area (Å²) in [5, 5.41) is 7.51. The van der Waals surface area contributed by atoms with Gasteiger partial charge in [0, 0.05) is 18.5 Å². The van der Waals surface area contributed by atoms with Gasteiger partial charge in [0.05, 0.1) is 5.69 Å². The van der Waals surface area contributed by atoms with E-state index >= 15 is 0 Å². The SMILES string of the molecule is c1ccc(Cc2cc(Cc3ccccc3)[nH]n2)cc1. The lowest BCUT2D eigenvalue weighted by atomic mass is 10.1. The van der Waals surface area contributed by atoms with E-state index in [0.29, 0.717) is 0 Å². The Morgan fingerprint density at radius 2 is 1.32 bits per heavy atom. The molecule has 0 atom stereocenters. The zero-order valence-corrected chi connectivity index (χ0v) is 10.7. The van der Waals surface area contributed by atoms with Gasteiger partial charge in [-0.2, -0.15) is 5.10 Å². The van der Waals surface area contributed by atoms with E-state index in [-0.39, 0.29) is 0 Å². The summed E-state index contributed by atoms with van der Waals surface area (Å²) in [4.78, 5) is 0. The molecule has 0 saturated heterocycles. The largest absolute Gasteiger partial charge is 0.282 e. The molecule has 0 aliphatic rings. The number of benzene rings is 2. The second-order valence-electron chi connectivity index (χ2n) is 4.71. The summed E-state index contributed by atoms with van der Waals surface area (Å²) in [6.07, 6.45) is 1.79. The average molecular weight is 248 g/mol. The summed E-state index contributed by atoms with van der Waals surface area (Å²) in [6, 6.07) is 23.0. The van der Waals surface area contributed by atoms with E-state index in [1.165, 1.54) is 11.1 Å². The topological polar surface area (TPSA) is 28.7 Å². The highest BCUT2D eigenvalue weighted by atomic mass is 15.1. The van der Waals surface area contributed by atoms with Crippen LogP contribution in [0.15, 0.2) is 66.7 Å². The molecule has 1 heterocycles. The molecule has 0 aliphatic carbocycles. The Kier molecular flexibility index (Phi) is 3.41. The van der Waals surface area contributed by atoms with E-state index < -0.39 is 0 Å². The van der Waals surface area contributed by atoms with Crippen LogP contribution in [0, 0.1) is 0 Å². The molecule has 0 radical (unpaired) electrons. The van der Waals surface area contributed by atoms with Gasteiger partial charge in [0.1, 0.15) is 0 Å². The fraction of sp³-hybridized carbons (Fsp3) is 0.118. The van der Waals surface area contributed by atoms with Crippen molar-refractivity contribution in [3.63, 3.8) is 0 Å². The smallest absolute Gasteiger partial charge is 0.0668 e. The van der Waals surface area contributed by atoms with Crippen LogP contribution in [0.25, 0.3) is 0 Å². The Labute approximate surface area is 113 Å². The summed E-state index contributed by atoms with van der Waals surface area (Å²) in [5.74, 6) is 0. The van der Waals surface area contributed by atoms with Gasteiger partial charge in [-0.3, -0.25) is 5.10 Å². The Morgan fingerprint density at radius 3 is 1.95 bits per heavy atom. The molecule has 2 nitrogen and oxygen atoms in total. The number of hydrogen-bond acceptors (Lipinski definition) is 1. The molecule has 3 aromatic rings. The molecule has 0 saturated carbocycles. The van der Waals surface area contributed by atoms with E-state index in [4.69, 9.17) is 0 Å². The van der Waals surface area contributed by atoms with Crippen LogP contribution >= 0.6 is 0 Å². The summed E-state index contributed by atoms with van der Waals surface area (Å²) in [7, 11) is 0. The molecule has 0 fully saturated rings. The number of hydrogen-bond donors (Lipinski definition) is 1. The van der Waals surface area contributed by atoms with Crippen LogP contribution < -0.4 is 0 Å². The van der Waals surface area contributed by atoms with E-state index in [2.05, 4.69) is 64.8 Å². The minimum absolute atomic E-state index is 0.881. The monoisotopic (exact) mass is 248 g/mol. The first-order valence-electron chi connectivity index (χ1n) is 6.51. The van der Waals surface area contributed by atoms with Crippen LogP contribution in [-0.4, -0.2) is 10.2 Å². The van der Waals surface area contributed by atoms with Gasteiger partial charge in [0.2, 0.25) is 0 Å². The average Bonchev–Trinajstić information content (AvgIpc) is 2.88. The maximum Gasteiger partial charge on any atom is 0.0668 e. The molecule has 1 aromatic heterocycles. The zero-order valence-electron chi connectivity index (χ0n) is 10.7. The molecule has 0 bridgehead atoms. The maximum absolute atomic E-state index is 4.38. The van der Waals surface area contributed by atoms with Crippen LogP contribution in [0.2, 0.25) is 0 Å². The van der Waals surface area contributed by atoms with Crippen LogP contribution in [0.3, 0.4) is 0 Å². The van der Waals surface area contributed by atoms with E-state index in [1.54, 1.807) is 0 Å². The third-order valence-corrected chi connectivity index (χ3v) is 3.15. The Morgan fingerprint density at radius 1 is 0.737 bits per heavy atom. The first-order valence-corrected chi connectivity index (χ1v) is 6.51. The number of rotatable bonds is 4. The molecule has 0 aliphatic heterocycles. The predicted octanol–water partition coefficient (Wildman–Crippen LogP) is 3.59. The van der Waals surface area contributed by atoms with Crippen molar-refractivity contribution in [1.82, 2.24) is 10.2 Å². The Balaban J connectivity index is 1.70. The molecule has 2 aromatic carbocycles. The van der Waals surface area contributed by atoms with Gasteiger partial charge in [-0.25, -0.2) is 0 Å². The fourth-order valence-electron chi connectivity index (χ4n) is 2.21. The Hall–Kier alpha value is -2.35. The maximum atomic E-state index is 4.38. The predicted molar refractivity (Wildman–Crippen MR) is 77.1 cm³/mol. The highest BCUT2D eigenvalue weighted by molar-refractivity contribution is 5.25. The molecule has 94 valence electrons. The summed E-state index contributed by atoms with van der Waals surface area (Å²) >= 11 is 0. The molecular formula is C17H16N2. The van der Waals surface area contributed by atoms with Gasteiger partial charge in [0.15, 0.2) is 0 Å². The summed E-state index contributed by atoms with van der Waals surface area (Å²) < 4.78 is 0. The first kappa shape index (κ1) is 11.7. The molecule has 1 N–H and O–H groups in total. The lowest BCUT2D eigenvalue weighted by Crippen LogP contribution is -1.87. The third-order valence-electron chi connectivity index (χ3n) is 3.15. The molecule has 0 spiro atoms. The zero-order chi connectivity index (χ0) is 12.9. The fourth-order valence-corrected chi connectivity index (χ4v) is 2.21. The number of aromatic amines is 1. The highest BCUT2D eigenvalue weighted by Gasteiger charge is 2.03. The molecule has 0 unspecified atom stereocenters. The van der Waals surface area contributed by atoms with Crippen molar-refractivity contribution in [2.75, 3.05) is 0 Å². The third kappa shape index (κ3) is 3.10. The highest BCUT2D eigenvalue weighted by Crippen LogP contribution is 2.11. The standard InChI is InChI=1S/C17H16N2/c1-3-7-14(8-4-1)11-16-13-17(19-18-16)12-15-9-5-2-6-10-15/h1-10,13H,11-12H2,(H,18,19). The number of aromatic nitrogens is 2. The van der Waals surface area contributed by atoms with Gasteiger partial charge in [-0.15, -0.1) is 0 Å². The van der Waals surface area contributed by atoms with Gasteiger partial charge >= 0.3 is 0 Å². The molecule has 3 rings (SSSR count). The normalized spacial score (nSPS) is 10.5.